The van der Waals surface area contributed by atoms with Crippen molar-refractivity contribution in [2.24, 2.45) is 0 Å². The molecule has 1 rings (SSSR count). The van der Waals surface area contributed by atoms with Crippen molar-refractivity contribution in [3.05, 3.63) is 40.9 Å². The van der Waals surface area contributed by atoms with E-state index in [0.717, 1.165) is 23.1 Å². The lowest BCUT2D eigenvalue weighted by Crippen LogP contribution is -2.17. The smallest absolute Gasteiger partial charge is 0.124 e. The van der Waals surface area contributed by atoms with Gasteiger partial charge in [-0.25, -0.2) is 0 Å². The zero-order valence-electron chi connectivity index (χ0n) is 11.9. The summed E-state index contributed by atoms with van der Waals surface area (Å²) in [6, 6.07) is 6.58. The fraction of sp³-hybridized carbons (Fsp3) is 0.500. The second kappa shape index (κ2) is 9.16. The number of allylic oxidation sites excluding steroid dienone is 1. The lowest BCUT2D eigenvalue weighted by molar-refractivity contribution is 0.396. The van der Waals surface area contributed by atoms with Gasteiger partial charge in [-0.15, -0.1) is 6.58 Å². The number of rotatable bonds is 9. The molecule has 2 nitrogen and oxygen atoms in total. The van der Waals surface area contributed by atoms with Gasteiger partial charge in [0.15, 0.2) is 0 Å². The first-order valence-electron chi connectivity index (χ1n) is 6.84. The molecule has 0 heterocycles. The number of halogens is 1. The molecule has 0 fully saturated rings. The van der Waals surface area contributed by atoms with Crippen LogP contribution in [0.25, 0.3) is 0 Å². The van der Waals surface area contributed by atoms with Crippen LogP contribution in [-0.4, -0.2) is 14.2 Å². The number of hydrogen-bond donors (Lipinski definition) is 1. The van der Waals surface area contributed by atoms with Crippen molar-refractivity contribution in [1.82, 2.24) is 5.32 Å². The molecule has 0 spiro atoms. The normalized spacial score (nSPS) is 12.2. The highest BCUT2D eigenvalue weighted by Gasteiger charge is 2.14. The number of nitrogens with one attached hydrogen (secondary N) is 1. The Morgan fingerprint density at radius 1 is 1.37 bits per heavy atom. The predicted octanol–water partition coefficient (Wildman–Crippen LogP) is 4.85. The Kier molecular flexibility index (Phi) is 7.84. The molecule has 1 aromatic rings. The first kappa shape index (κ1) is 16.3. The molecule has 0 aliphatic rings. The molecule has 0 radical (unpaired) electrons. The van der Waals surface area contributed by atoms with Crippen LogP contribution in [0.1, 0.15) is 43.7 Å². The van der Waals surface area contributed by atoms with Crippen LogP contribution in [0.15, 0.2) is 35.3 Å². The van der Waals surface area contributed by atoms with Crippen molar-refractivity contribution in [2.45, 2.75) is 38.1 Å². The first-order chi connectivity index (χ1) is 9.22. The fourth-order valence-electron chi connectivity index (χ4n) is 2.24. The summed E-state index contributed by atoms with van der Waals surface area (Å²) in [5.41, 5.74) is 1.23. The zero-order valence-corrected chi connectivity index (χ0v) is 13.5. The minimum atomic E-state index is 0.354. The van der Waals surface area contributed by atoms with Crippen LogP contribution in [0.2, 0.25) is 0 Å². The molecule has 0 saturated heterocycles. The van der Waals surface area contributed by atoms with E-state index in [0.29, 0.717) is 6.04 Å². The Bertz CT molecular complexity index is 392. The number of benzene rings is 1. The Labute approximate surface area is 125 Å². The molecule has 0 aliphatic heterocycles. The summed E-state index contributed by atoms with van der Waals surface area (Å²) in [6.07, 6.45) is 7.95. The fourth-order valence-corrected chi connectivity index (χ4v) is 2.58. The summed E-state index contributed by atoms with van der Waals surface area (Å²) in [5.74, 6) is 0.944. The zero-order chi connectivity index (χ0) is 14.1. The minimum Gasteiger partial charge on any atom is -0.496 e. The molecule has 106 valence electrons. The summed E-state index contributed by atoms with van der Waals surface area (Å²) in [5, 5.41) is 3.39. The molecule has 0 saturated carbocycles. The Morgan fingerprint density at radius 3 is 2.79 bits per heavy atom. The van der Waals surface area contributed by atoms with Gasteiger partial charge in [-0.3, -0.25) is 0 Å². The molecular weight excluding hydrogens is 302 g/mol. The van der Waals surface area contributed by atoms with E-state index in [-0.39, 0.29) is 0 Å². The van der Waals surface area contributed by atoms with Gasteiger partial charge < -0.3 is 10.1 Å². The van der Waals surface area contributed by atoms with Crippen molar-refractivity contribution in [3.8, 4) is 5.75 Å². The van der Waals surface area contributed by atoms with Gasteiger partial charge in [0.2, 0.25) is 0 Å². The van der Waals surface area contributed by atoms with Crippen LogP contribution in [0.4, 0.5) is 0 Å². The predicted molar refractivity (Wildman–Crippen MR) is 85.8 cm³/mol. The molecule has 0 amide bonds. The number of hydrogen-bond acceptors (Lipinski definition) is 2. The van der Waals surface area contributed by atoms with Gasteiger partial charge in [0, 0.05) is 16.1 Å². The third-order valence-electron chi connectivity index (χ3n) is 3.32. The van der Waals surface area contributed by atoms with Gasteiger partial charge in [-0.05, 0) is 38.4 Å². The topological polar surface area (TPSA) is 21.3 Å². The molecule has 1 aromatic carbocycles. The minimum absolute atomic E-state index is 0.354. The van der Waals surface area contributed by atoms with Crippen LogP contribution in [0, 0.1) is 0 Å². The van der Waals surface area contributed by atoms with Gasteiger partial charge in [0.25, 0.3) is 0 Å². The third-order valence-corrected chi connectivity index (χ3v) is 3.81. The quantitative estimate of drug-likeness (QED) is 0.517. The summed E-state index contributed by atoms with van der Waals surface area (Å²) >= 11 is 3.48. The van der Waals surface area contributed by atoms with Gasteiger partial charge in [-0.2, -0.15) is 0 Å². The molecule has 3 heteroatoms. The van der Waals surface area contributed by atoms with E-state index in [2.05, 4.69) is 40.0 Å². The van der Waals surface area contributed by atoms with Crippen LogP contribution < -0.4 is 10.1 Å². The van der Waals surface area contributed by atoms with Crippen LogP contribution in [0.5, 0.6) is 5.75 Å². The molecule has 19 heavy (non-hydrogen) atoms. The maximum atomic E-state index is 5.47. The van der Waals surface area contributed by atoms with Crippen molar-refractivity contribution < 1.29 is 4.74 Å². The molecule has 0 aliphatic carbocycles. The number of ether oxygens (including phenoxy) is 1. The second-order valence-corrected chi connectivity index (χ2v) is 5.57. The van der Waals surface area contributed by atoms with E-state index < -0.39 is 0 Å². The molecule has 1 atom stereocenters. The first-order valence-corrected chi connectivity index (χ1v) is 7.63. The largest absolute Gasteiger partial charge is 0.496 e. The molecule has 1 N–H and O–H groups in total. The Hall–Kier alpha value is -0.800. The van der Waals surface area contributed by atoms with Crippen molar-refractivity contribution >= 4 is 15.9 Å². The summed E-state index contributed by atoms with van der Waals surface area (Å²) in [4.78, 5) is 0. The SMILES string of the molecule is C=CCCCCCC(NC)c1ccc(Br)cc1OC. The highest BCUT2D eigenvalue weighted by Crippen LogP contribution is 2.31. The van der Waals surface area contributed by atoms with Crippen molar-refractivity contribution in [1.29, 1.82) is 0 Å². The van der Waals surface area contributed by atoms with Gasteiger partial charge in [0.05, 0.1) is 7.11 Å². The lowest BCUT2D eigenvalue weighted by atomic mass is 9.99. The molecule has 1 unspecified atom stereocenters. The van der Waals surface area contributed by atoms with Crippen LogP contribution in [-0.2, 0) is 0 Å². The molecular formula is C16H24BrNO. The van der Waals surface area contributed by atoms with E-state index in [4.69, 9.17) is 4.74 Å². The average molecular weight is 326 g/mol. The highest BCUT2D eigenvalue weighted by molar-refractivity contribution is 9.10. The van der Waals surface area contributed by atoms with Gasteiger partial charge >= 0.3 is 0 Å². The van der Waals surface area contributed by atoms with Gasteiger partial charge in [-0.1, -0.05) is 40.9 Å². The molecule has 0 bridgehead atoms. The van der Waals surface area contributed by atoms with Crippen LogP contribution in [0.3, 0.4) is 0 Å². The van der Waals surface area contributed by atoms with E-state index >= 15 is 0 Å². The van der Waals surface area contributed by atoms with Crippen molar-refractivity contribution in [2.75, 3.05) is 14.2 Å². The second-order valence-electron chi connectivity index (χ2n) is 4.65. The van der Waals surface area contributed by atoms with E-state index in [1.807, 2.05) is 19.2 Å². The monoisotopic (exact) mass is 325 g/mol. The van der Waals surface area contributed by atoms with Crippen molar-refractivity contribution in [3.63, 3.8) is 0 Å². The van der Waals surface area contributed by atoms with Crippen LogP contribution >= 0.6 is 15.9 Å². The Balaban J connectivity index is 2.61. The number of methoxy groups -OCH3 is 1. The average Bonchev–Trinajstić information content (AvgIpc) is 2.43. The highest BCUT2D eigenvalue weighted by atomic mass is 79.9. The van der Waals surface area contributed by atoms with E-state index in [9.17, 15) is 0 Å². The maximum Gasteiger partial charge on any atom is 0.124 e. The summed E-state index contributed by atoms with van der Waals surface area (Å²) < 4.78 is 6.52. The molecule has 0 aromatic heterocycles. The van der Waals surface area contributed by atoms with Gasteiger partial charge in [0.1, 0.15) is 5.75 Å². The van der Waals surface area contributed by atoms with E-state index in [1.165, 1.54) is 24.8 Å². The maximum absolute atomic E-state index is 5.47. The lowest BCUT2D eigenvalue weighted by Gasteiger charge is -2.19. The number of unbranched alkanes of at least 4 members (excludes halogenated alkanes) is 3. The summed E-state index contributed by atoms with van der Waals surface area (Å²) in [6.45, 7) is 3.75. The standard InChI is InChI=1S/C16H24BrNO/c1-4-5-6-7-8-9-15(18-2)14-11-10-13(17)12-16(14)19-3/h4,10-12,15,18H,1,5-9H2,2-3H3. The Morgan fingerprint density at radius 2 is 2.16 bits per heavy atom. The summed E-state index contributed by atoms with van der Waals surface area (Å²) in [7, 11) is 3.73. The van der Waals surface area contributed by atoms with E-state index in [1.54, 1.807) is 7.11 Å². The third kappa shape index (κ3) is 5.37.